The lowest BCUT2D eigenvalue weighted by atomic mass is 9.91. The average molecular weight is 504 g/mol. The van der Waals surface area contributed by atoms with Crippen molar-refractivity contribution in [2.45, 2.75) is 12.8 Å². The van der Waals surface area contributed by atoms with E-state index in [1.165, 1.54) is 7.11 Å². The number of aryl methyl sites for hydroxylation is 1. The summed E-state index contributed by atoms with van der Waals surface area (Å²) in [5.41, 5.74) is 3.19. The number of carbonyl (C=O) groups excluding carboxylic acids is 1. The highest BCUT2D eigenvalue weighted by Crippen LogP contribution is 2.35. The van der Waals surface area contributed by atoms with E-state index in [0.29, 0.717) is 32.6 Å². The van der Waals surface area contributed by atoms with Crippen LogP contribution in [0.1, 0.15) is 33.0 Å². The molecule has 7 heteroatoms. The summed E-state index contributed by atoms with van der Waals surface area (Å²) in [4.78, 5) is 12.8. The van der Waals surface area contributed by atoms with E-state index in [1.54, 1.807) is 48.5 Å². The van der Waals surface area contributed by atoms with Crippen LogP contribution in [0, 0.1) is 18.3 Å². The first-order valence-electron chi connectivity index (χ1n) is 8.94. The van der Waals surface area contributed by atoms with E-state index >= 15 is 0 Å². The fourth-order valence-electron chi connectivity index (χ4n) is 3.09. The summed E-state index contributed by atoms with van der Waals surface area (Å²) in [6, 6.07) is 18.1. The van der Waals surface area contributed by atoms with Crippen LogP contribution in [0.2, 0.25) is 10.0 Å². The molecule has 1 atom stereocenters. The summed E-state index contributed by atoms with van der Waals surface area (Å²) in [5.74, 6) is -0.415. The van der Waals surface area contributed by atoms with Gasteiger partial charge in [-0.25, -0.2) is 0 Å². The van der Waals surface area contributed by atoms with E-state index in [4.69, 9.17) is 27.9 Å². The highest BCUT2D eigenvalue weighted by Gasteiger charge is 2.20. The standard InChI is InChI=1S/C23H17BrCl2N2O2/c1-13-9-17(19(12-27)14-3-6-16(25)7-4-14)20(26)11-21(13)28-23(29)18-10-15(24)5-8-22(18)30-2/h3-11,19H,1-2H3,(H,28,29). The second-order valence-corrected chi connectivity index (χ2v) is 8.36. The number of halogens is 3. The van der Waals surface area contributed by atoms with E-state index in [1.807, 2.05) is 13.0 Å². The molecule has 0 radical (unpaired) electrons. The highest BCUT2D eigenvalue weighted by atomic mass is 79.9. The van der Waals surface area contributed by atoms with Gasteiger partial charge < -0.3 is 10.1 Å². The molecule has 152 valence electrons. The van der Waals surface area contributed by atoms with Gasteiger partial charge >= 0.3 is 0 Å². The molecule has 3 rings (SSSR count). The van der Waals surface area contributed by atoms with Crippen molar-refractivity contribution in [3.05, 3.63) is 91.4 Å². The van der Waals surface area contributed by atoms with E-state index in [0.717, 1.165) is 15.6 Å². The predicted molar refractivity (Wildman–Crippen MR) is 124 cm³/mol. The Kier molecular flexibility index (Phi) is 7.04. The van der Waals surface area contributed by atoms with E-state index in [2.05, 4.69) is 27.3 Å². The first-order chi connectivity index (χ1) is 14.3. The second-order valence-electron chi connectivity index (χ2n) is 6.60. The number of nitrogens with zero attached hydrogens (tertiary/aromatic N) is 1. The summed E-state index contributed by atoms with van der Waals surface area (Å²) in [7, 11) is 1.51. The average Bonchev–Trinajstić information content (AvgIpc) is 2.73. The van der Waals surface area contributed by atoms with Gasteiger partial charge in [-0.15, -0.1) is 0 Å². The third-order valence-corrected chi connectivity index (χ3v) is 5.71. The SMILES string of the molecule is COc1ccc(Br)cc1C(=O)Nc1cc(Cl)c(C(C#N)c2ccc(Cl)cc2)cc1C. The Morgan fingerprint density at radius 2 is 1.83 bits per heavy atom. The summed E-state index contributed by atoms with van der Waals surface area (Å²) in [6.45, 7) is 1.85. The Morgan fingerprint density at radius 1 is 1.13 bits per heavy atom. The minimum atomic E-state index is -0.552. The molecule has 0 aliphatic rings. The van der Waals surface area contributed by atoms with Gasteiger partial charge in [0.2, 0.25) is 0 Å². The quantitative estimate of drug-likeness (QED) is 0.408. The van der Waals surface area contributed by atoms with Gasteiger partial charge in [0, 0.05) is 20.2 Å². The molecular formula is C23H17BrCl2N2O2. The van der Waals surface area contributed by atoms with Crippen molar-refractivity contribution in [3.63, 3.8) is 0 Å². The largest absolute Gasteiger partial charge is 0.496 e. The van der Waals surface area contributed by atoms with Crippen molar-refractivity contribution < 1.29 is 9.53 Å². The topological polar surface area (TPSA) is 62.1 Å². The molecule has 0 saturated carbocycles. The molecule has 0 fully saturated rings. The van der Waals surface area contributed by atoms with Gasteiger partial charge in [0.05, 0.1) is 24.7 Å². The molecule has 4 nitrogen and oxygen atoms in total. The third-order valence-electron chi connectivity index (χ3n) is 4.64. The van der Waals surface area contributed by atoms with Crippen molar-refractivity contribution in [1.29, 1.82) is 5.26 Å². The number of carbonyl (C=O) groups is 1. The number of anilines is 1. The minimum absolute atomic E-state index is 0.324. The Morgan fingerprint density at radius 3 is 2.47 bits per heavy atom. The maximum atomic E-state index is 12.8. The molecule has 0 aliphatic heterocycles. The zero-order valence-corrected chi connectivity index (χ0v) is 19.3. The molecule has 30 heavy (non-hydrogen) atoms. The molecule has 0 spiro atoms. The van der Waals surface area contributed by atoms with E-state index in [-0.39, 0.29) is 5.91 Å². The molecular weight excluding hydrogens is 487 g/mol. The predicted octanol–water partition coefficient (Wildman–Crippen LogP) is 6.98. The zero-order valence-electron chi connectivity index (χ0n) is 16.2. The molecule has 3 aromatic carbocycles. The zero-order chi connectivity index (χ0) is 21.8. The number of methoxy groups -OCH3 is 1. The normalized spacial score (nSPS) is 11.5. The number of hydrogen-bond donors (Lipinski definition) is 1. The highest BCUT2D eigenvalue weighted by molar-refractivity contribution is 9.10. The smallest absolute Gasteiger partial charge is 0.259 e. The summed E-state index contributed by atoms with van der Waals surface area (Å²) >= 11 is 15.8. The molecule has 1 unspecified atom stereocenters. The molecule has 0 saturated heterocycles. The second kappa shape index (κ2) is 9.53. The first-order valence-corrected chi connectivity index (χ1v) is 10.5. The number of hydrogen-bond acceptors (Lipinski definition) is 3. The lowest BCUT2D eigenvalue weighted by molar-refractivity contribution is 0.102. The molecule has 0 bridgehead atoms. The number of benzene rings is 3. The summed E-state index contributed by atoms with van der Waals surface area (Å²) in [6.07, 6.45) is 0. The number of amides is 1. The van der Waals surface area contributed by atoms with E-state index < -0.39 is 5.92 Å². The minimum Gasteiger partial charge on any atom is -0.496 e. The molecule has 1 amide bonds. The molecule has 3 aromatic rings. The van der Waals surface area contributed by atoms with Crippen LogP contribution in [0.3, 0.4) is 0 Å². The third kappa shape index (κ3) is 4.79. The van der Waals surface area contributed by atoms with Crippen molar-refractivity contribution in [3.8, 4) is 11.8 Å². The van der Waals surface area contributed by atoms with Crippen molar-refractivity contribution in [2.24, 2.45) is 0 Å². The number of nitriles is 1. The van der Waals surface area contributed by atoms with Crippen molar-refractivity contribution >= 4 is 50.7 Å². The van der Waals surface area contributed by atoms with Crippen LogP contribution in [0.5, 0.6) is 5.75 Å². The van der Waals surface area contributed by atoms with Gasteiger partial charge in [0.25, 0.3) is 5.91 Å². The van der Waals surface area contributed by atoms with Crippen LogP contribution in [-0.4, -0.2) is 13.0 Å². The van der Waals surface area contributed by atoms with Crippen LogP contribution >= 0.6 is 39.1 Å². The number of rotatable bonds is 5. The number of ether oxygens (including phenoxy) is 1. The van der Waals surface area contributed by atoms with Gasteiger partial charge in [0.15, 0.2) is 0 Å². The van der Waals surface area contributed by atoms with E-state index in [9.17, 15) is 10.1 Å². The molecule has 0 aromatic heterocycles. The Balaban J connectivity index is 1.93. The van der Waals surface area contributed by atoms with Crippen LogP contribution in [0.15, 0.2) is 59.1 Å². The van der Waals surface area contributed by atoms with Crippen LogP contribution in [0.4, 0.5) is 5.69 Å². The molecule has 0 heterocycles. The Labute approximate surface area is 193 Å². The maximum Gasteiger partial charge on any atom is 0.259 e. The first kappa shape index (κ1) is 22.2. The lowest BCUT2D eigenvalue weighted by Gasteiger charge is -2.17. The van der Waals surface area contributed by atoms with Crippen LogP contribution < -0.4 is 10.1 Å². The van der Waals surface area contributed by atoms with Gasteiger partial charge in [-0.2, -0.15) is 5.26 Å². The monoisotopic (exact) mass is 502 g/mol. The summed E-state index contributed by atoms with van der Waals surface area (Å²) in [5, 5.41) is 13.6. The van der Waals surface area contributed by atoms with Crippen molar-refractivity contribution in [1.82, 2.24) is 0 Å². The maximum absolute atomic E-state index is 12.8. The van der Waals surface area contributed by atoms with Gasteiger partial charge in [0.1, 0.15) is 5.75 Å². The van der Waals surface area contributed by atoms with Gasteiger partial charge in [-0.3, -0.25) is 4.79 Å². The van der Waals surface area contributed by atoms with Gasteiger partial charge in [-0.1, -0.05) is 57.3 Å². The molecule has 1 N–H and O–H groups in total. The fraction of sp³-hybridized carbons (Fsp3) is 0.130. The van der Waals surface area contributed by atoms with Crippen LogP contribution in [0.25, 0.3) is 0 Å². The lowest BCUT2D eigenvalue weighted by Crippen LogP contribution is -2.14. The fourth-order valence-corrected chi connectivity index (χ4v) is 3.85. The Hall–Kier alpha value is -2.52. The number of nitrogens with one attached hydrogen (secondary N) is 1. The van der Waals surface area contributed by atoms with Crippen molar-refractivity contribution in [2.75, 3.05) is 12.4 Å². The van der Waals surface area contributed by atoms with Crippen LogP contribution in [-0.2, 0) is 0 Å². The Bertz CT molecular complexity index is 1140. The summed E-state index contributed by atoms with van der Waals surface area (Å²) < 4.78 is 6.04. The van der Waals surface area contributed by atoms with Gasteiger partial charge in [-0.05, 0) is 60.0 Å². The molecule has 0 aliphatic carbocycles.